The molecule has 0 aliphatic rings. The van der Waals surface area contributed by atoms with Crippen LogP contribution in [0.3, 0.4) is 0 Å². The number of rotatable bonds is 6. The lowest BCUT2D eigenvalue weighted by Crippen LogP contribution is -2.47. The number of carbonyl (C=O) groups excluding carboxylic acids is 1. The highest BCUT2D eigenvalue weighted by Crippen LogP contribution is 2.20. The fourth-order valence-corrected chi connectivity index (χ4v) is 1.04. The van der Waals surface area contributed by atoms with E-state index in [4.69, 9.17) is 15.6 Å². The number of ether oxygens (including phenoxy) is 1. The third-order valence-corrected chi connectivity index (χ3v) is 2.57. The highest BCUT2D eigenvalue weighted by Gasteiger charge is 2.34. The molecule has 0 aromatic rings. The van der Waals surface area contributed by atoms with Gasteiger partial charge in [-0.3, -0.25) is 4.79 Å². The molecule has 0 rings (SSSR count). The number of nitrogens with two attached hydrogens (primary N) is 1. The second kappa shape index (κ2) is 5.97. The molecule has 0 aromatic carbocycles. The van der Waals surface area contributed by atoms with Crippen molar-refractivity contribution < 1.29 is 24.5 Å². The van der Waals surface area contributed by atoms with Crippen LogP contribution in [0.25, 0.3) is 0 Å². The number of carbonyl (C=O) groups is 2. The van der Waals surface area contributed by atoms with Crippen LogP contribution >= 0.6 is 0 Å². The predicted molar refractivity (Wildman–Crippen MR) is 61.2 cm³/mol. The van der Waals surface area contributed by atoms with E-state index < -0.39 is 29.5 Å². The minimum atomic E-state index is -1.20. The topological polar surface area (TPSA) is 110 Å². The summed E-state index contributed by atoms with van der Waals surface area (Å²) < 4.78 is 4.87. The zero-order valence-corrected chi connectivity index (χ0v) is 10.6. The molecule has 0 bridgehead atoms. The summed E-state index contributed by atoms with van der Waals surface area (Å²) in [6.45, 7) is 6.38. The van der Waals surface area contributed by atoms with Crippen LogP contribution in [0.4, 0.5) is 0 Å². The van der Waals surface area contributed by atoms with Gasteiger partial charge in [0.2, 0.25) is 0 Å². The molecule has 0 saturated heterocycles. The molecule has 2 unspecified atom stereocenters. The Bertz CT molecular complexity index is 288. The van der Waals surface area contributed by atoms with Crippen LogP contribution < -0.4 is 5.73 Å². The van der Waals surface area contributed by atoms with Crippen molar-refractivity contribution in [3.05, 3.63) is 0 Å². The van der Waals surface area contributed by atoms with E-state index >= 15 is 0 Å². The Morgan fingerprint density at radius 1 is 1.35 bits per heavy atom. The van der Waals surface area contributed by atoms with E-state index in [0.29, 0.717) is 0 Å². The van der Waals surface area contributed by atoms with Crippen LogP contribution in [-0.2, 0) is 14.3 Å². The van der Waals surface area contributed by atoms with Crippen molar-refractivity contribution in [2.45, 2.75) is 39.8 Å². The van der Waals surface area contributed by atoms with Gasteiger partial charge in [0.05, 0.1) is 6.61 Å². The van der Waals surface area contributed by atoms with Crippen LogP contribution in [0.2, 0.25) is 0 Å². The Labute approximate surface area is 101 Å². The monoisotopic (exact) mass is 247 g/mol. The van der Waals surface area contributed by atoms with Crippen molar-refractivity contribution in [2.75, 3.05) is 6.61 Å². The summed E-state index contributed by atoms with van der Waals surface area (Å²) in [6, 6.07) is -1.13. The molecule has 4 N–H and O–H groups in total. The first-order valence-corrected chi connectivity index (χ1v) is 5.42. The van der Waals surface area contributed by atoms with E-state index in [1.165, 1.54) is 0 Å². The Balaban J connectivity index is 4.37. The van der Waals surface area contributed by atoms with E-state index in [1.54, 1.807) is 27.7 Å². The summed E-state index contributed by atoms with van der Waals surface area (Å²) in [7, 11) is 0. The van der Waals surface area contributed by atoms with E-state index in [2.05, 4.69) is 0 Å². The van der Waals surface area contributed by atoms with Crippen LogP contribution in [0.5, 0.6) is 0 Å². The van der Waals surface area contributed by atoms with Gasteiger partial charge in [0, 0.05) is 5.41 Å². The number of esters is 1. The average Bonchev–Trinajstić information content (AvgIpc) is 2.23. The van der Waals surface area contributed by atoms with Gasteiger partial charge in [-0.2, -0.15) is 0 Å². The Morgan fingerprint density at radius 3 is 2.18 bits per heavy atom. The van der Waals surface area contributed by atoms with E-state index in [9.17, 15) is 14.7 Å². The Morgan fingerprint density at radius 2 is 1.82 bits per heavy atom. The van der Waals surface area contributed by atoms with Gasteiger partial charge in [0.1, 0.15) is 6.04 Å². The summed E-state index contributed by atoms with van der Waals surface area (Å²) in [5, 5.41) is 18.2. The van der Waals surface area contributed by atoms with Crippen LogP contribution in [0.1, 0.15) is 27.7 Å². The van der Waals surface area contributed by atoms with Gasteiger partial charge >= 0.3 is 11.9 Å². The molecule has 0 aliphatic carbocycles. The molecule has 0 amide bonds. The van der Waals surface area contributed by atoms with Crippen molar-refractivity contribution in [1.82, 2.24) is 0 Å². The molecule has 2 atom stereocenters. The minimum absolute atomic E-state index is 0.150. The molecule has 0 radical (unpaired) electrons. The van der Waals surface area contributed by atoms with Crippen molar-refractivity contribution in [2.24, 2.45) is 17.1 Å². The minimum Gasteiger partial charge on any atom is -0.480 e. The summed E-state index contributed by atoms with van der Waals surface area (Å²) in [6.07, 6.45) is -1.20. The van der Waals surface area contributed by atoms with E-state index in [1.807, 2.05) is 0 Å². The molecule has 0 spiro atoms. The van der Waals surface area contributed by atoms with E-state index in [0.717, 1.165) is 0 Å². The number of aliphatic hydroxyl groups excluding tert-OH is 1. The number of aliphatic hydroxyl groups is 1. The molecule has 0 aromatic heterocycles. The maximum atomic E-state index is 11.4. The quantitative estimate of drug-likeness (QED) is 0.569. The van der Waals surface area contributed by atoms with Gasteiger partial charge in [-0.15, -0.1) is 0 Å². The predicted octanol–water partition coefficient (Wildman–Crippen LogP) is -0.0154. The lowest BCUT2D eigenvalue weighted by molar-refractivity contribution is -0.161. The third kappa shape index (κ3) is 4.70. The maximum Gasteiger partial charge on any atom is 0.335 e. The molecule has 0 saturated carbocycles. The molecule has 100 valence electrons. The molecule has 0 fully saturated rings. The Kier molecular flexibility index (Phi) is 5.57. The third-order valence-electron chi connectivity index (χ3n) is 2.57. The van der Waals surface area contributed by atoms with Gasteiger partial charge in [0.15, 0.2) is 6.10 Å². The lowest BCUT2D eigenvalue weighted by Gasteiger charge is -2.28. The second-order valence-corrected chi connectivity index (χ2v) is 5.10. The van der Waals surface area contributed by atoms with Gasteiger partial charge in [-0.1, -0.05) is 27.7 Å². The highest BCUT2D eigenvalue weighted by atomic mass is 16.5. The number of hydrogen-bond donors (Lipinski definition) is 3. The van der Waals surface area contributed by atoms with Crippen LogP contribution in [0.15, 0.2) is 0 Å². The molecule has 0 aliphatic heterocycles. The maximum absolute atomic E-state index is 11.4. The number of aliphatic carboxylic acids is 1. The van der Waals surface area contributed by atoms with Crippen molar-refractivity contribution in [3.63, 3.8) is 0 Å². The van der Waals surface area contributed by atoms with Gasteiger partial charge in [-0.05, 0) is 5.92 Å². The fraction of sp³-hybridized carbons (Fsp3) is 0.818. The van der Waals surface area contributed by atoms with Gasteiger partial charge in [-0.25, -0.2) is 4.79 Å². The first kappa shape index (κ1) is 15.9. The lowest BCUT2D eigenvalue weighted by atomic mass is 9.86. The molecule has 0 heterocycles. The smallest absolute Gasteiger partial charge is 0.335 e. The molecule has 6 nitrogen and oxygen atoms in total. The fourth-order valence-electron chi connectivity index (χ4n) is 1.04. The SMILES string of the molecule is CC(C)C(O)C(=O)OCC(C)(C)C(N)C(=O)O. The summed E-state index contributed by atoms with van der Waals surface area (Å²) in [4.78, 5) is 22.1. The molecular formula is C11H21NO5. The van der Waals surface area contributed by atoms with E-state index in [-0.39, 0.29) is 12.5 Å². The Hall–Kier alpha value is -1.14. The normalized spacial score (nSPS) is 15.5. The summed E-state index contributed by atoms with van der Waals surface area (Å²) in [5.41, 5.74) is 4.57. The molecule has 17 heavy (non-hydrogen) atoms. The zero-order chi connectivity index (χ0) is 13.8. The molecule has 6 heteroatoms. The van der Waals surface area contributed by atoms with Crippen LogP contribution in [0, 0.1) is 11.3 Å². The standard InChI is InChI=1S/C11H21NO5/c1-6(2)7(13)10(16)17-5-11(3,4)8(12)9(14)15/h6-8,13H,5,12H2,1-4H3,(H,14,15). The highest BCUT2D eigenvalue weighted by molar-refractivity contribution is 5.75. The summed E-state index contributed by atoms with van der Waals surface area (Å²) in [5.74, 6) is -2.17. The number of carboxylic acids is 1. The number of hydrogen-bond acceptors (Lipinski definition) is 5. The van der Waals surface area contributed by atoms with Crippen molar-refractivity contribution >= 4 is 11.9 Å². The largest absolute Gasteiger partial charge is 0.480 e. The van der Waals surface area contributed by atoms with Crippen molar-refractivity contribution in [1.29, 1.82) is 0 Å². The van der Waals surface area contributed by atoms with Gasteiger partial charge < -0.3 is 20.7 Å². The average molecular weight is 247 g/mol. The first-order chi connectivity index (χ1) is 7.59. The second-order valence-electron chi connectivity index (χ2n) is 5.10. The number of carboxylic acid groups (broad SMARTS) is 1. The van der Waals surface area contributed by atoms with Crippen LogP contribution in [-0.4, -0.2) is 40.9 Å². The van der Waals surface area contributed by atoms with Crippen molar-refractivity contribution in [3.8, 4) is 0 Å². The molecular weight excluding hydrogens is 226 g/mol. The van der Waals surface area contributed by atoms with Gasteiger partial charge in [0.25, 0.3) is 0 Å². The zero-order valence-electron chi connectivity index (χ0n) is 10.6. The first-order valence-electron chi connectivity index (χ1n) is 5.42. The summed E-state index contributed by atoms with van der Waals surface area (Å²) >= 11 is 0.